The van der Waals surface area contributed by atoms with E-state index in [0.717, 1.165) is 0 Å². The molecule has 0 heterocycles. The molecule has 0 aliphatic rings. The largest absolute Gasteiger partial charge is 0.488 e. The summed E-state index contributed by atoms with van der Waals surface area (Å²) in [6.07, 6.45) is -0.883. The van der Waals surface area contributed by atoms with Gasteiger partial charge in [0.15, 0.2) is 11.6 Å². The minimum atomic E-state index is -0.883. The van der Waals surface area contributed by atoms with Crippen LogP contribution in [0.3, 0.4) is 0 Å². The number of benzene rings is 1. The number of nitrogens with one attached hydrogen (secondary N) is 1. The third-order valence-electron chi connectivity index (χ3n) is 2.27. The van der Waals surface area contributed by atoms with E-state index in [2.05, 4.69) is 5.32 Å². The minimum Gasteiger partial charge on any atom is -0.488 e. The van der Waals surface area contributed by atoms with Crippen LogP contribution in [0.4, 0.5) is 10.1 Å². The number of aliphatic hydroxyl groups is 2. The highest BCUT2D eigenvalue weighted by atomic mass is 19.1. The van der Waals surface area contributed by atoms with Crippen molar-refractivity contribution >= 4 is 5.69 Å². The van der Waals surface area contributed by atoms with Gasteiger partial charge in [0, 0.05) is 6.54 Å². The van der Waals surface area contributed by atoms with Crippen LogP contribution in [0.5, 0.6) is 5.75 Å². The van der Waals surface area contributed by atoms with Crippen molar-refractivity contribution in [1.82, 2.24) is 0 Å². The van der Waals surface area contributed by atoms with Gasteiger partial charge in [-0.2, -0.15) is 0 Å². The average Bonchev–Trinajstić information content (AvgIpc) is 2.34. The van der Waals surface area contributed by atoms with Crippen molar-refractivity contribution in [3.05, 3.63) is 24.0 Å². The average molecular weight is 257 g/mol. The number of rotatable bonds is 7. The second-order valence-corrected chi connectivity index (χ2v) is 4.54. The highest BCUT2D eigenvalue weighted by molar-refractivity contribution is 5.57. The first-order valence-corrected chi connectivity index (χ1v) is 5.98. The van der Waals surface area contributed by atoms with E-state index in [1.807, 2.05) is 13.8 Å². The second-order valence-electron chi connectivity index (χ2n) is 4.54. The van der Waals surface area contributed by atoms with Gasteiger partial charge in [-0.3, -0.25) is 0 Å². The first kappa shape index (κ1) is 14.7. The van der Waals surface area contributed by atoms with Gasteiger partial charge in [-0.25, -0.2) is 4.39 Å². The Morgan fingerprint density at radius 3 is 2.72 bits per heavy atom. The molecule has 18 heavy (non-hydrogen) atoms. The molecular weight excluding hydrogens is 237 g/mol. The molecule has 5 heteroatoms. The molecule has 0 spiro atoms. The molecule has 0 saturated carbocycles. The van der Waals surface area contributed by atoms with Crippen molar-refractivity contribution in [3.8, 4) is 5.75 Å². The molecule has 1 atom stereocenters. The number of anilines is 1. The Labute approximate surface area is 106 Å². The van der Waals surface area contributed by atoms with Crippen molar-refractivity contribution < 1.29 is 19.3 Å². The van der Waals surface area contributed by atoms with Crippen molar-refractivity contribution in [2.45, 2.75) is 20.0 Å². The molecule has 0 aliphatic carbocycles. The molecular formula is C13H20FNO3. The summed E-state index contributed by atoms with van der Waals surface area (Å²) in [5, 5.41) is 20.8. The molecule has 0 aliphatic heterocycles. The molecule has 0 saturated heterocycles. The third-order valence-corrected chi connectivity index (χ3v) is 2.27. The zero-order chi connectivity index (χ0) is 13.5. The summed E-state index contributed by atoms with van der Waals surface area (Å²) < 4.78 is 19.0. The monoisotopic (exact) mass is 257 g/mol. The Morgan fingerprint density at radius 2 is 2.11 bits per heavy atom. The highest BCUT2D eigenvalue weighted by Crippen LogP contribution is 2.28. The van der Waals surface area contributed by atoms with Crippen LogP contribution in [0.2, 0.25) is 0 Å². The van der Waals surface area contributed by atoms with Gasteiger partial charge in [0.2, 0.25) is 0 Å². The summed E-state index contributed by atoms with van der Waals surface area (Å²) in [6, 6.07) is 4.55. The second kappa shape index (κ2) is 7.18. The van der Waals surface area contributed by atoms with Crippen LogP contribution >= 0.6 is 0 Å². The number of hydrogen-bond acceptors (Lipinski definition) is 4. The molecule has 0 fully saturated rings. The topological polar surface area (TPSA) is 61.7 Å². The van der Waals surface area contributed by atoms with Gasteiger partial charge in [-0.1, -0.05) is 19.9 Å². The molecule has 0 amide bonds. The first-order valence-electron chi connectivity index (χ1n) is 5.98. The maximum atomic E-state index is 13.6. The Kier molecular flexibility index (Phi) is 5.88. The number of halogens is 1. The van der Waals surface area contributed by atoms with E-state index in [9.17, 15) is 9.50 Å². The van der Waals surface area contributed by atoms with Gasteiger partial charge in [0.05, 0.1) is 25.0 Å². The summed E-state index contributed by atoms with van der Waals surface area (Å²) >= 11 is 0. The Hall–Kier alpha value is -1.33. The fraction of sp³-hybridized carbons (Fsp3) is 0.538. The van der Waals surface area contributed by atoms with Crippen molar-refractivity contribution in [2.24, 2.45) is 5.92 Å². The molecule has 102 valence electrons. The van der Waals surface area contributed by atoms with Crippen molar-refractivity contribution in [3.63, 3.8) is 0 Å². The lowest BCUT2D eigenvalue weighted by Gasteiger charge is -2.16. The van der Waals surface area contributed by atoms with Gasteiger partial charge >= 0.3 is 0 Å². The summed E-state index contributed by atoms with van der Waals surface area (Å²) in [5.41, 5.74) is 0.475. The number of para-hydroxylation sites is 1. The van der Waals surface area contributed by atoms with Crippen molar-refractivity contribution in [2.75, 3.05) is 25.1 Å². The molecule has 1 rings (SSSR count). The van der Waals surface area contributed by atoms with E-state index >= 15 is 0 Å². The van der Waals surface area contributed by atoms with Gasteiger partial charge in [0.25, 0.3) is 0 Å². The summed E-state index contributed by atoms with van der Waals surface area (Å²) in [4.78, 5) is 0. The summed E-state index contributed by atoms with van der Waals surface area (Å²) in [6.45, 7) is 4.16. The predicted molar refractivity (Wildman–Crippen MR) is 68.3 cm³/mol. The lowest BCUT2D eigenvalue weighted by atomic mass is 10.2. The van der Waals surface area contributed by atoms with Crippen molar-refractivity contribution in [1.29, 1.82) is 0 Å². The van der Waals surface area contributed by atoms with Crippen LogP contribution in [0, 0.1) is 11.7 Å². The maximum Gasteiger partial charge on any atom is 0.177 e. The fourth-order valence-corrected chi connectivity index (χ4v) is 1.34. The van der Waals surface area contributed by atoms with E-state index in [0.29, 0.717) is 18.2 Å². The van der Waals surface area contributed by atoms with Crippen LogP contribution < -0.4 is 10.1 Å². The number of hydrogen-bond donors (Lipinski definition) is 3. The van der Waals surface area contributed by atoms with Gasteiger partial charge in [-0.05, 0) is 18.1 Å². The smallest absolute Gasteiger partial charge is 0.177 e. The summed E-state index contributed by atoms with van der Waals surface area (Å²) in [7, 11) is 0. The number of ether oxygens (including phenoxy) is 1. The molecule has 0 radical (unpaired) electrons. The van der Waals surface area contributed by atoms with Crippen LogP contribution in [0.15, 0.2) is 18.2 Å². The molecule has 4 nitrogen and oxygen atoms in total. The van der Waals surface area contributed by atoms with E-state index in [-0.39, 0.29) is 18.9 Å². The van der Waals surface area contributed by atoms with E-state index in [4.69, 9.17) is 9.84 Å². The molecule has 1 unspecified atom stereocenters. The normalized spacial score (nSPS) is 12.6. The lowest BCUT2D eigenvalue weighted by molar-refractivity contribution is 0.105. The maximum absolute atomic E-state index is 13.6. The molecule has 3 N–H and O–H groups in total. The first-order chi connectivity index (χ1) is 8.54. The SMILES string of the molecule is CC(C)COc1c(F)cccc1NCC(O)CO. The van der Waals surface area contributed by atoms with E-state index in [1.165, 1.54) is 6.07 Å². The third kappa shape index (κ3) is 4.50. The molecule has 0 bridgehead atoms. The quantitative estimate of drug-likeness (QED) is 0.694. The Balaban J connectivity index is 2.73. The van der Waals surface area contributed by atoms with Crippen LogP contribution in [-0.4, -0.2) is 36.1 Å². The minimum absolute atomic E-state index is 0.137. The Morgan fingerprint density at radius 1 is 1.39 bits per heavy atom. The molecule has 0 aromatic heterocycles. The summed E-state index contributed by atoms with van der Waals surface area (Å²) in [5.74, 6) is -0.00373. The van der Waals surface area contributed by atoms with E-state index in [1.54, 1.807) is 12.1 Å². The Bertz CT molecular complexity index is 371. The number of aliphatic hydroxyl groups excluding tert-OH is 2. The lowest BCUT2D eigenvalue weighted by Crippen LogP contribution is -2.23. The highest BCUT2D eigenvalue weighted by Gasteiger charge is 2.11. The van der Waals surface area contributed by atoms with Gasteiger partial charge in [-0.15, -0.1) is 0 Å². The zero-order valence-corrected chi connectivity index (χ0v) is 10.7. The fourth-order valence-electron chi connectivity index (χ4n) is 1.34. The molecule has 1 aromatic carbocycles. The van der Waals surface area contributed by atoms with Crippen LogP contribution in [-0.2, 0) is 0 Å². The van der Waals surface area contributed by atoms with E-state index < -0.39 is 11.9 Å². The zero-order valence-electron chi connectivity index (χ0n) is 10.7. The van der Waals surface area contributed by atoms with Gasteiger partial charge < -0.3 is 20.3 Å². The predicted octanol–water partition coefficient (Wildman–Crippen LogP) is 1.63. The molecule has 1 aromatic rings. The van der Waals surface area contributed by atoms with Crippen LogP contribution in [0.25, 0.3) is 0 Å². The standard InChI is InChI=1S/C13H20FNO3/c1-9(2)8-18-13-11(14)4-3-5-12(13)15-6-10(17)7-16/h3-5,9-10,15-17H,6-8H2,1-2H3. The van der Waals surface area contributed by atoms with Gasteiger partial charge in [0.1, 0.15) is 0 Å². The van der Waals surface area contributed by atoms with Crippen LogP contribution in [0.1, 0.15) is 13.8 Å².